The molecular formula is C37H27Cl2F5N2O7. The molecule has 0 unspecified atom stereocenters. The highest BCUT2D eigenvalue weighted by Gasteiger charge is 2.76. The molecule has 3 fully saturated rings. The quantitative estimate of drug-likeness (QED) is 0.0737. The van der Waals surface area contributed by atoms with E-state index in [2.05, 4.69) is 0 Å². The molecule has 9 nitrogen and oxygen atoms in total. The van der Waals surface area contributed by atoms with Gasteiger partial charge in [0.2, 0.25) is 17.6 Å². The Balaban J connectivity index is 1.33. The number of likely N-dealkylation sites (tertiary alicyclic amines) is 1. The first kappa shape index (κ1) is 36.4. The number of alkyl halides is 2. The smallest absolute Gasteiger partial charge is 0.258 e. The zero-order valence-electron chi connectivity index (χ0n) is 27.4. The summed E-state index contributed by atoms with van der Waals surface area (Å²) in [5.74, 6) is -21.2. The summed E-state index contributed by atoms with van der Waals surface area (Å²) in [6.07, 6.45) is 3.99. The van der Waals surface area contributed by atoms with Crippen molar-refractivity contribution < 1.29 is 56.1 Å². The summed E-state index contributed by atoms with van der Waals surface area (Å²) in [7, 11) is 1.30. The fraction of sp³-hybridized carbons (Fsp3) is 0.297. The number of amides is 4. The maximum absolute atomic E-state index is 15.2. The molecule has 53 heavy (non-hydrogen) atoms. The molecule has 2 aliphatic carbocycles. The fourth-order valence-corrected chi connectivity index (χ4v) is 8.90. The van der Waals surface area contributed by atoms with Gasteiger partial charge in [-0.2, -0.15) is 0 Å². The Hall–Kier alpha value is -4.95. The van der Waals surface area contributed by atoms with Gasteiger partial charge in [0.1, 0.15) is 11.4 Å². The summed E-state index contributed by atoms with van der Waals surface area (Å²) in [6, 6.07) is 10.4. The minimum absolute atomic E-state index is 0.0000976. The third-order valence-corrected chi connectivity index (χ3v) is 12.0. The van der Waals surface area contributed by atoms with Gasteiger partial charge in [-0.1, -0.05) is 42.0 Å². The van der Waals surface area contributed by atoms with Gasteiger partial charge in [-0.3, -0.25) is 24.1 Å². The average Bonchev–Trinajstić information content (AvgIpc) is 3.47. The van der Waals surface area contributed by atoms with Crippen LogP contribution in [0.4, 0.5) is 27.6 Å². The average molecular weight is 778 g/mol. The summed E-state index contributed by atoms with van der Waals surface area (Å²) >= 11 is 14.2. The van der Waals surface area contributed by atoms with E-state index in [0.29, 0.717) is 11.1 Å². The standard InChI is InChI=1S/C37H27Cl2F5N2O7/c1-53-24-14-17(5-11-23(24)48)4-10-22-19-8-9-20-25(33(50)45(32(20)49)13-12-16-2-6-18(47)7-3-16)21(19)15-36(38)34(51)46(35(52)37(22,36)39)31-29(43)27(41)26(40)28(42)30(31)44/h2-8,10-11,14,20-22,25,47-48H,9,12-13,15H2,1H3/t20-,21+,22-,25-,36+,37-/m0/s1. The van der Waals surface area contributed by atoms with Crippen molar-refractivity contribution in [1.29, 1.82) is 0 Å². The maximum atomic E-state index is 15.2. The summed E-state index contributed by atoms with van der Waals surface area (Å²) < 4.78 is 78.5. The molecule has 2 aliphatic heterocycles. The Morgan fingerprint density at radius 2 is 1.51 bits per heavy atom. The third kappa shape index (κ3) is 5.24. The molecule has 0 aromatic heterocycles. The van der Waals surface area contributed by atoms with Gasteiger partial charge < -0.3 is 14.9 Å². The number of benzene rings is 3. The molecule has 2 saturated heterocycles. The van der Waals surface area contributed by atoms with Gasteiger partial charge >= 0.3 is 0 Å². The maximum Gasteiger partial charge on any atom is 0.258 e. The monoisotopic (exact) mass is 776 g/mol. The minimum Gasteiger partial charge on any atom is -0.508 e. The number of aromatic hydroxyl groups is 2. The molecule has 4 aliphatic rings. The van der Waals surface area contributed by atoms with Crippen molar-refractivity contribution in [3.05, 3.63) is 100 Å². The van der Waals surface area contributed by atoms with Crippen LogP contribution in [0, 0.1) is 52.8 Å². The van der Waals surface area contributed by atoms with Crippen molar-refractivity contribution in [2.45, 2.75) is 29.0 Å². The number of allylic oxidation sites excluding steroid dienone is 3. The number of nitrogens with zero attached hydrogens (tertiary/aromatic N) is 2. The number of anilines is 1. The number of carbonyl (C=O) groups excluding carboxylic acids is 4. The number of fused-ring (bicyclic) bond motifs is 4. The molecular weight excluding hydrogens is 750 g/mol. The van der Waals surface area contributed by atoms with Crippen molar-refractivity contribution in [2.75, 3.05) is 18.6 Å². The van der Waals surface area contributed by atoms with E-state index in [4.69, 9.17) is 27.9 Å². The van der Waals surface area contributed by atoms with Crippen molar-refractivity contribution in [3.8, 4) is 17.2 Å². The van der Waals surface area contributed by atoms with E-state index in [0.717, 1.165) is 10.5 Å². The number of phenolic OH excluding ortho intramolecular Hbond substituents is 2. The lowest BCUT2D eigenvalue weighted by Crippen LogP contribution is -2.60. The van der Waals surface area contributed by atoms with Crippen LogP contribution in [0.25, 0.3) is 6.08 Å². The second-order valence-corrected chi connectivity index (χ2v) is 14.5. The zero-order valence-corrected chi connectivity index (χ0v) is 28.9. The molecule has 2 N–H and O–H groups in total. The molecule has 3 aromatic rings. The molecule has 0 radical (unpaired) electrons. The molecule has 276 valence electrons. The van der Waals surface area contributed by atoms with Gasteiger partial charge in [0.15, 0.2) is 44.5 Å². The number of hydrogen-bond acceptors (Lipinski definition) is 7. The van der Waals surface area contributed by atoms with E-state index in [1.165, 1.54) is 49.6 Å². The number of rotatable bonds is 7. The first-order chi connectivity index (χ1) is 25.1. The summed E-state index contributed by atoms with van der Waals surface area (Å²) in [5, 5.41) is 19.7. The Kier molecular flexibility index (Phi) is 8.84. The summed E-state index contributed by atoms with van der Waals surface area (Å²) in [4.78, 5) is 51.9. The SMILES string of the molecule is COc1cc(C=C[C@H]2C3=CC[C@@H]4C(=O)N(CCc5ccc(O)cc5)C(=O)[C@@H]4[C@@H]3C[C@@]3(Cl)C(=O)N(c4c(F)c(F)c(F)c(F)c4F)C(=O)[C@@]23Cl)ccc1O. The topological polar surface area (TPSA) is 124 Å². The molecule has 3 aromatic carbocycles. The van der Waals surface area contributed by atoms with E-state index < -0.39 is 98.2 Å². The van der Waals surface area contributed by atoms with E-state index in [-0.39, 0.29) is 41.5 Å². The predicted octanol–water partition coefficient (Wildman–Crippen LogP) is 6.15. The molecule has 0 bridgehead atoms. The number of hydrogen-bond donors (Lipinski definition) is 2. The molecule has 16 heteroatoms. The van der Waals surface area contributed by atoms with Crippen LogP contribution in [-0.2, 0) is 25.6 Å². The first-order valence-corrected chi connectivity index (χ1v) is 17.0. The fourth-order valence-electron chi connectivity index (χ4n) is 8.01. The van der Waals surface area contributed by atoms with Crippen LogP contribution in [-0.4, -0.2) is 62.1 Å². The lowest BCUT2D eigenvalue weighted by molar-refractivity contribution is -0.140. The van der Waals surface area contributed by atoms with E-state index in [1.54, 1.807) is 18.2 Å². The highest BCUT2D eigenvalue weighted by Crippen LogP contribution is 2.64. The number of imide groups is 2. The van der Waals surface area contributed by atoms with E-state index >= 15 is 8.78 Å². The van der Waals surface area contributed by atoms with Crippen LogP contribution in [0.2, 0.25) is 0 Å². The van der Waals surface area contributed by atoms with Crippen LogP contribution >= 0.6 is 23.2 Å². The molecule has 1 saturated carbocycles. The van der Waals surface area contributed by atoms with Gasteiger partial charge in [0.25, 0.3) is 11.8 Å². The van der Waals surface area contributed by atoms with Crippen molar-refractivity contribution in [3.63, 3.8) is 0 Å². The minimum atomic E-state index is -2.65. The molecule has 2 heterocycles. The predicted molar refractivity (Wildman–Crippen MR) is 179 cm³/mol. The van der Waals surface area contributed by atoms with Crippen LogP contribution < -0.4 is 9.64 Å². The first-order valence-electron chi connectivity index (χ1n) is 16.2. The zero-order chi connectivity index (χ0) is 38.3. The van der Waals surface area contributed by atoms with Gasteiger partial charge in [0, 0.05) is 12.5 Å². The normalized spacial score (nSPS) is 28.0. The molecule has 7 rings (SSSR count). The second-order valence-electron chi connectivity index (χ2n) is 13.3. The van der Waals surface area contributed by atoms with Crippen molar-refractivity contribution in [2.24, 2.45) is 23.7 Å². The van der Waals surface area contributed by atoms with Crippen LogP contribution in [0.1, 0.15) is 24.0 Å². The Labute approximate surface area is 307 Å². The third-order valence-electron chi connectivity index (χ3n) is 10.6. The van der Waals surface area contributed by atoms with Crippen LogP contribution in [0.5, 0.6) is 17.2 Å². The van der Waals surface area contributed by atoms with Crippen molar-refractivity contribution in [1.82, 2.24) is 4.90 Å². The van der Waals surface area contributed by atoms with Gasteiger partial charge in [-0.25, -0.2) is 26.9 Å². The van der Waals surface area contributed by atoms with Gasteiger partial charge in [-0.05, 0) is 60.6 Å². The number of phenols is 2. The van der Waals surface area contributed by atoms with Crippen molar-refractivity contribution >= 4 is 58.6 Å². The molecule has 4 amide bonds. The number of methoxy groups -OCH3 is 1. The number of ether oxygens (including phenoxy) is 1. The van der Waals surface area contributed by atoms with Gasteiger partial charge in [0.05, 0.1) is 18.9 Å². The van der Waals surface area contributed by atoms with Crippen LogP contribution in [0.15, 0.2) is 60.2 Å². The summed E-state index contributed by atoms with van der Waals surface area (Å²) in [6.45, 7) is -0.0274. The Morgan fingerprint density at radius 1 is 0.868 bits per heavy atom. The van der Waals surface area contributed by atoms with E-state index in [9.17, 15) is 42.6 Å². The van der Waals surface area contributed by atoms with Crippen LogP contribution in [0.3, 0.4) is 0 Å². The Bertz CT molecular complexity index is 2150. The number of halogens is 7. The molecule has 6 atom stereocenters. The second kappa shape index (κ2) is 12.9. The lowest BCUT2D eigenvalue weighted by Gasteiger charge is -2.49. The lowest BCUT2D eigenvalue weighted by atomic mass is 9.57. The number of carbonyl (C=O) groups is 4. The Morgan fingerprint density at radius 3 is 2.15 bits per heavy atom. The van der Waals surface area contributed by atoms with E-state index in [1.807, 2.05) is 0 Å². The molecule has 0 spiro atoms. The summed E-state index contributed by atoms with van der Waals surface area (Å²) in [5.41, 5.74) is -0.473. The van der Waals surface area contributed by atoms with Gasteiger partial charge in [-0.15, -0.1) is 23.2 Å². The highest BCUT2D eigenvalue weighted by molar-refractivity contribution is 6.58. The highest BCUT2D eigenvalue weighted by atomic mass is 35.5. The largest absolute Gasteiger partial charge is 0.508 e.